The number of hydrogen-bond donors (Lipinski definition) is 2. The summed E-state index contributed by atoms with van der Waals surface area (Å²) in [6.07, 6.45) is 2.67. The number of aromatic nitrogens is 1. The zero-order valence-electron chi connectivity index (χ0n) is 16.4. The van der Waals surface area contributed by atoms with Crippen molar-refractivity contribution in [3.8, 4) is 5.75 Å². The lowest BCUT2D eigenvalue weighted by Gasteiger charge is -2.26. The average molecular weight is 406 g/mol. The van der Waals surface area contributed by atoms with Crippen molar-refractivity contribution in [1.82, 2.24) is 4.98 Å². The van der Waals surface area contributed by atoms with Gasteiger partial charge in [-0.15, -0.1) is 0 Å². The van der Waals surface area contributed by atoms with Crippen molar-refractivity contribution in [2.45, 2.75) is 38.5 Å². The van der Waals surface area contributed by atoms with E-state index in [1.165, 1.54) is 43.7 Å². The van der Waals surface area contributed by atoms with Crippen LogP contribution in [0.5, 0.6) is 5.75 Å². The molecule has 0 bridgehead atoms. The number of anilines is 1. The molecule has 2 N–H and O–H groups in total. The molecule has 0 unspecified atom stereocenters. The summed E-state index contributed by atoms with van der Waals surface area (Å²) in [5.41, 5.74) is 1.66. The van der Waals surface area contributed by atoms with Gasteiger partial charge in [0.2, 0.25) is 0 Å². The zero-order valence-corrected chi connectivity index (χ0v) is 16.4. The van der Waals surface area contributed by atoms with Crippen molar-refractivity contribution in [1.29, 1.82) is 0 Å². The number of alkyl halides is 3. The maximum absolute atomic E-state index is 11.8. The molecule has 1 aliphatic rings. The van der Waals surface area contributed by atoms with Crippen molar-refractivity contribution < 1.29 is 22.7 Å². The lowest BCUT2D eigenvalue weighted by atomic mass is 9.96. The molecule has 0 aliphatic heterocycles. The Morgan fingerprint density at radius 2 is 1.79 bits per heavy atom. The lowest BCUT2D eigenvalue weighted by molar-refractivity contribution is -0.137. The molecule has 1 heterocycles. The Kier molecular flexibility index (Phi) is 8.12. The van der Waals surface area contributed by atoms with Gasteiger partial charge >= 0.3 is 6.18 Å². The van der Waals surface area contributed by atoms with Crippen molar-refractivity contribution in [2.24, 2.45) is 0 Å². The SMILES string of the molecule is CC=O.CNc1c[nH]c2ccc(OC3CCC3)cc12.FC(F)(F)c1ccccc1. The normalized spacial score (nSPS) is 13.3. The number of rotatable bonds is 3. The van der Waals surface area contributed by atoms with E-state index in [1.807, 2.05) is 19.3 Å². The maximum Gasteiger partial charge on any atom is 0.416 e. The van der Waals surface area contributed by atoms with Crippen molar-refractivity contribution in [3.63, 3.8) is 0 Å². The van der Waals surface area contributed by atoms with Gasteiger partial charge in [-0.2, -0.15) is 13.2 Å². The highest BCUT2D eigenvalue weighted by Gasteiger charge is 2.29. The summed E-state index contributed by atoms with van der Waals surface area (Å²) in [7, 11) is 1.93. The summed E-state index contributed by atoms with van der Waals surface area (Å²) in [6.45, 7) is 1.44. The average Bonchev–Trinajstić information content (AvgIpc) is 3.08. The molecule has 7 heteroatoms. The summed E-state index contributed by atoms with van der Waals surface area (Å²) >= 11 is 0. The van der Waals surface area contributed by atoms with Gasteiger partial charge in [0, 0.05) is 24.1 Å². The van der Waals surface area contributed by atoms with Gasteiger partial charge in [-0.3, -0.25) is 0 Å². The molecule has 1 aliphatic carbocycles. The van der Waals surface area contributed by atoms with E-state index in [4.69, 9.17) is 9.53 Å². The Morgan fingerprint density at radius 1 is 1.14 bits per heavy atom. The second-order valence-corrected chi connectivity index (χ2v) is 6.43. The Balaban J connectivity index is 0.000000199. The largest absolute Gasteiger partial charge is 0.490 e. The van der Waals surface area contributed by atoms with Crippen LogP contribution in [0, 0.1) is 0 Å². The minimum Gasteiger partial charge on any atom is -0.490 e. The smallest absolute Gasteiger partial charge is 0.416 e. The second kappa shape index (κ2) is 10.5. The molecule has 0 atom stereocenters. The van der Waals surface area contributed by atoms with Crippen LogP contribution in [0.2, 0.25) is 0 Å². The van der Waals surface area contributed by atoms with E-state index in [1.54, 1.807) is 6.07 Å². The van der Waals surface area contributed by atoms with E-state index in [0.29, 0.717) is 6.10 Å². The Bertz CT molecular complexity index is 888. The highest BCUT2D eigenvalue weighted by atomic mass is 19.4. The molecule has 0 spiro atoms. The molecule has 156 valence electrons. The predicted octanol–water partition coefficient (Wildman–Crippen LogP) is 6.05. The minimum atomic E-state index is -4.21. The van der Waals surface area contributed by atoms with Gasteiger partial charge in [-0.1, -0.05) is 30.3 Å². The molecule has 2 aromatic carbocycles. The van der Waals surface area contributed by atoms with Crippen LogP contribution < -0.4 is 10.1 Å². The predicted molar refractivity (Wildman–Crippen MR) is 109 cm³/mol. The first kappa shape index (κ1) is 22.3. The molecule has 4 rings (SSSR count). The van der Waals surface area contributed by atoms with E-state index in [2.05, 4.69) is 22.4 Å². The Morgan fingerprint density at radius 3 is 2.28 bits per heavy atom. The molecule has 4 nitrogen and oxygen atoms in total. The first-order chi connectivity index (χ1) is 13.9. The van der Waals surface area contributed by atoms with E-state index in [-0.39, 0.29) is 0 Å². The monoisotopic (exact) mass is 406 g/mol. The standard InChI is InChI=1S/C13H16N2O.C7H5F3.C2H4O/c1-14-13-8-15-12-6-5-10(7-11(12)13)16-9-3-2-4-9;8-7(9,10)6-4-2-1-3-5-6;1-2-3/h5-9,14-15H,2-4H2,1H3;1-5H;2H,1H3. The maximum atomic E-state index is 11.8. The third kappa shape index (κ3) is 6.55. The summed E-state index contributed by atoms with van der Waals surface area (Å²) in [4.78, 5) is 12.0. The highest BCUT2D eigenvalue weighted by molar-refractivity contribution is 5.93. The summed E-state index contributed by atoms with van der Waals surface area (Å²) in [5, 5.41) is 4.37. The molecule has 0 saturated heterocycles. The van der Waals surface area contributed by atoms with Crippen molar-refractivity contribution >= 4 is 22.9 Å². The van der Waals surface area contributed by atoms with Gasteiger partial charge in [0.1, 0.15) is 12.0 Å². The van der Waals surface area contributed by atoms with Gasteiger partial charge < -0.3 is 19.8 Å². The Labute approximate surface area is 168 Å². The number of aromatic amines is 1. The number of carbonyl (C=O) groups excluding carboxylic acids is 1. The number of ether oxygens (including phenoxy) is 1. The fourth-order valence-electron chi connectivity index (χ4n) is 2.69. The molecule has 3 aromatic rings. The van der Waals surface area contributed by atoms with E-state index in [9.17, 15) is 13.2 Å². The van der Waals surface area contributed by atoms with Crippen LogP contribution in [-0.2, 0) is 11.0 Å². The van der Waals surface area contributed by atoms with Gasteiger partial charge in [-0.05, 0) is 44.4 Å². The van der Waals surface area contributed by atoms with Gasteiger partial charge in [-0.25, -0.2) is 0 Å². The fraction of sp³-hybridized carbons (Fsp3) is 0.318. The number of nitrogens with one attached hydrogen (secondary N) is 2. The zero-order chi connectivity index (χ0) is 21.3. The molecular weight excluding hydrogens is 381 g/mol. The van der Waals surface area contributed by atoms with Crippen LogP contribution in [0.15, 0.2) is 54.7 Å². The van der Waals surface area contributed by atoms with Gasteiger partial charge in [0.25, 0.3) is 0 Å². The minimum absolute atomic E-state index is 0.439. The van der Waals surface area contributed by atoms with E-state index >= 15 is 0 Å². The number of H-pyrrole nitrogens is 1. The third-order valence-electron chi connectivity index (χ3n) is 4.38. The molecule has 0 amide bonds. The second-order valence-electron chi connectivity index (χ2n) is 6.43. The first-order valence-electron chi connectivity index (χ1n) is 9.36. The number of halogens is 3. The molecule has 1 saturated carbocycles. The number of aldehydes is 1. The number of fused-ring (bicyclic) bond motifs is 1. The van der Waals surface area contributed by atoms with Crippen LogP contribution in [0.1, 0.15) is 31.7 Å². The quantitative estimate of drug-likeness (QED) is 0.521. The van der Waals surface area contributed by atoms with Gasteiger partial charge in [0.15, 0.2) is 0 Å². The summed E-state index contributed by atoms with van der Waals surface area (Å²) in [5.74, 6) is 0.980. The molecule has 1 aromatic heterocycles. The van der Waals surface area contributed by atoms with E-state index < -0.39 is 11.7 Å². The molecule has 29 heavy (non-hydrogen) atoms. The van der Waals surface area contributed by atoms with Crippen LogP contribution in [0.3, 0.4) is 0 Å². The van der Waals surface area contributed by atoms with E-state index in [0.717, 1.165) is 35.4 Å². The molecule has 1 fully saturated rings. The molecular formula is C22H25F3N2O2. The third-order valence-corrected chi connectivity index (χ3v) is 4.38. The van der Waals surface area contributed by atoms with Crippen LogP contribution in [0.25, 0.3) is 10.9 Å². The first-order valence-corrected chi connectivity index (χ1v) is 9.36. The fourth-order valence-corrected chi connectivity index (χ4v) is 2.69. The molecule has 0 radical (unpaired) electrons. The highest BCUT2D eigenvalue weighted by Crippen LogP contribution is 2.30. The number of benzene rings is 2. The lowest BCUT2D eigenvalue weighted by Crippen LogP contribution is -2.24. The van der Waals surface area contributed by atoms with Crippen molar-refractivity contribution in [2.75, 3.05) is 12.4 Å². The van der Waals surface area contributed by atoms with Crippen molar-refractivity contribution in [3.05, 3.63) is 60.3 Å². The Hall–Kier alpha value is -2.96. The number of carbonyl (C=O) groups is 1. The summed E-state index contributed by atoms with van der Waals surface area (Å²) < 4.78 is 41.2. The van der Waals surface area contributed by atoms with Crippen LogP contribution >= 0.6 is 0 Å². The van der Waals surface area contributed by atoms with Crippen LogP contribution in [-0.4, -0.2) is 24.4 Å². The topological polar surface area (TPSA) is 54.1 Å². The van der Waals surface area contributed by atoms with Gasteiger partial charge in [0.05, 0.1) is 17.4 Å². The van der Waals surface area contributed by atoms with Crippen LogP contribution in [0.4, 0.5) is 18.9 Å². The summed E-state index contributed by atoms with van der Waals surface area (Å²) in [6, 6.07) is 12.6. The number of hydrogen-bond acceptors (Lipinski definition) is 3.